The number of hydrogen-bond acceptors (Lipinski definition) is 5. The van der Waals surface area contributed by atoms with Gasteiger partial charge in [-0.15, -0.1) is 0 Å². The van der Waals surface area contributed by atoms with Crippen molar-refractivity contribution in [2.75, 3.05) is 13.2 Å². The Bertz CT molecular complexity index is 869. The Morgan fingerprint density at radius 2 is 2.00 bits per heavy atom. The zero-order valence-electron chi connectivity index (χ0n) is 15.4. The fourth-order valence-corrected chi connectivity index (χ4v) is 3.02. The summed E-state index contributed by atoms with van der Waals surface area (Å²) in [6.45, 7) is 8.00. The van der Waals surface area contributed by atoms with E-state index in [9.17, 15) is 10.1 Å². The molecule has 0 radical (unpaired) electrons. The monoisotopic (exact) mass is 369 g/mol. The van der Waals surface area contributed by atoms with Crippen molar-refractivity contribution in [1.29, 1.82) is 5.26 Å². The van der Waals surface area contributed by atoms with Crippen LogP contribution in [0.3, 0.4) is 0 Å². The number of aromatic nitrogens is 1. The van der Waals surface area contributed by atoms with Gasteiger partial charge in [-0.2, -0.15) is 5.26 Å². The second-order valence-corrected chi connectivity index (χ2v) is 6.28. The molecule has 136 valence electrons. The molecule has 0 fully saturated rings. The van der Waals surface area contributed by atoms with Crippen LogP contribution in [0.4, 0.5) is 0 Å². The molecule has 5 nitrogen and oxygen atoms in total. The van der Waals surface area contributed by atoms with Crippen molar-refractivity contribution >= 4 is 18.2 Å². The SMILES string of the molecule is CCOC(=O)c1cc(C#N)c(=S)n(CN(CC)Cc2ccccc2)c1C. The molecule has 0 saturated carbocycles. The van der Waals surface area contributed by atoms with Gasteiger partial charge in [-0.3, -0.25) is 4.90 Å². The molecule has 1 aromatic carbocycles. The molecule has 0 atom stereocenters. The summed E-state index contributed by atoms with van der Waals surface area (Å²) in [6.07, 6.45) is 0. The minimum atomic E-state index is -0.434. The van der Waals surface area contributed by atoms with Crippen LogP contribution in [0.2, 0.25) is 0 Å². The Hall–Kier alpha value is -2.49. The number of benzene rings is 1. The highest BCUT2D eigenvalue weighted by Crippen LogP contribution is 2.17. The van der Waals surface area contributed by atoms with E-state index in [1.807, 2.05) is 29.7 Å². The zero-order chi connectivity index (χ0) is 19.1. The quantitative estimate of drug-likeness (QED) is 0.544. The van der Waals surface area contributed by atoms with Gasteiger partial charge in [0.1, 0.15) is 10.7 Å². The molecular weight excluding hydrogens is 346 g/mol. The van der Waals surface area contributed by atoms with Crippen molar-refractivity contribution in [1.82, 2.24) is 9.47 Å². The van der Waals surface area contributed by atoms with E-state index in [0.29, 0.717) is 28.1 Å². The minimum absolute atomic E-state index is 0.283. The van der Waals surface area contributed by atoms with Gasteiger partial charge in [-0.05, 0) is 32.0 Å². The number of nitrogens with zero attached hydrogens (tertiary/aromatic N) is 3. The molecular formula is C20H23N3O2S. The summed E-state index contributed by atoms with van der Waals surface area (Å²) in [4.78, 5) is 14.5. The van der Waals surface area contributed by atoms with Gasteiger partial charge in [0.15, 0.2) is 0 Å². The molecule has 0 saturated heterocycles. The second kappa shape index (κ2) is 9.27. The Morgan fingerprint density at radius 3 is 2.58 bits per heavy atom. The third-order valence-corrected chi connectivity index (χ3v) is 4.65. The van der Waals surface area contributed by atoms with E-state index in [1.54, 1.807) is 6.92 Å². The van der Waals surface area contributed by atoms with Gasteiger partial charge in [0.05, 0.1) is 24.4 Å². The maximum Gasteiger partial charge on any atom is 0.339 e. The Labute approximate surface area is 159 Å². The molecule has 0 bridgehead atoms. The highest BCUT2D eigenvalue weighted by molar-refractivity contribution is 7.71. The highest BCUT2D eigenvalue weighted by atomic mass is 32.1. The summed E-state index contributed by atoms with van der Waals surface area (Å²) in [5.74, 6) is -0.434. The smallest absolute Gasteiger partial charge is 0.339 e. The molecule has 0 aliphatic heterocycles. The van der Waals surface area contributed by atoms with Gasteiger partial charge in [0.25, 0.3) is 0 Å². The maximum atomic E-state index is 12.3. The molecule has 0 amide bonds. The first-order valence-corrected chi connectivity index (χ1v) is 9.00. The van der Waals surface area contributed by atoms with E-state index >= 15 is 0 Å². The number of carbonyl (C=O) groups excluding carboxylic acids is 1. The lowest BCUT2D eigenvalue weighted by Gasteiger charge is -2.25. The molecule has 0 unspecified atom stereocenters. The number of esters is 1. The van der Waals surface area contributed by atoms with Crippen LogP contribution in [0.1, 0.15) is 41.0 Å². The van der Waals surface area contributed by atoms with E-state index in [4.69, 9.17) is 17.0 Å². The topological polar surface area (TPSA) is 58.3 Å². The molecule has 0 aliphatic rings. The molecule has 2 rings (SSSR count). The van der Waals surface area contributed by atoms with Crippen LogP contribution < -0.4 is 0 Å². The summed E-state index contributed by atoms with van der Waals surface area (Å²) in [7, 11) is 0. The summed E-state index contributed by atoms with van der Waals surface area (Å²) < 4.78 is 7.40. The van der Waals surface area contributed by atoms with Gasteiger partial charge in [-0.25, -0.2) is 4.79 Å². The first-order chi connectivity index (χ1) is 12.5. The molecule has 26 heavy (non-hydrogen) atoms. The first-order valence-electron chi connectivity index (χ1n) is 8.59. The number of nitriles is 1. The molecule has 0 spiro atoms. The highest BCUT2D eigenvalue weighted by Gasteiger charge is 2.17. The van der Waals surface area contributed by atoms with Crippen molar-refractivity contribution < 1.29 is 9.53 Å². The van der Waals surface area contributed by atoms with Crippen molar-refractivity contribution in [3.05, 3.63) is 63.4 Å². The molecule has 1 aromatic heterocycles. The number of pyridine rings is 1. The van der Waals surface area contributed by atoms with Crippen molar-refractivity contribution in [3.8, 4) is 6.07 Å². The van der Waals surface area contributed by atoms with Gasteiger partial charge >= 0.3 is 5.97 Å². The van der Waals surface area contributed by atoms with E-state index in [-0.39, 0.29) is 6.61 Å². The van der Waals surface area contributed by atoms with Crippen LogP contribution in [-0.2, 0) is 18.0 Å². The molecule has 0 aliphatic carbocycles. The van der Waals surface area contributed by atoms with E-state index in [1.165, 1.54) is 11.6 Å². The normalized spacial score (nSPS) is 10.6. The van der Waals surface area contributed by atoms with E-state index in [2.05, 4.69) is 30.0 Å². The molecule has 6 heteroatoms. The third-order valence-electron chi connectivity index (χ3n) is 4.21. The van der Waals surface area contributed by atoms with E-state index in [0.717, 1.165) is 13.1 Å². The van der Waals surface area contributed by atoms with Gasteiger partial charge in [0.2, 0.25) is 0 Å². The zero-order valence-corrected chi connectivity index (χ0v) is 16.2. The summed E-state index contributed by atoms with van der Waals surface area (Å²) in [5.41, 5.74) is 2.59. The lowest BCUT2D eigenvalue weighted by atomic mass is 10.1. The average Bonchev–Trinajstić information content (AvgIpc) is 2.65. The lowest BCUT2D eigenvalue weighted by Crippen LogP contribution is -2.28. The van der Waals surface area contributed by atoms with Crippen molar-refractivity contribution in [3.63, 3.8) is 0 Å². The standard InChI is InChI=1S/C20H23N3O2S/c1-4-22(13-16-9-7-6-8-10-16)14-23-15(3)18(20(24)25-5-2)11-17(12-21)19(23)26/h6-11H,4-5,13-14H2,1-3H3. The number of hydrogen-bond donors (Lipinski definition) is 0. The Balaban J connectivity index is 2.40. The minimum Gasteiger partial charge on any atom is -0.462 e. The average molecular weight is 369 g/mol. The van der Waals surface area contributed by atoms with Crippen molar-refractivity contribution in [2.24, 2.45) is 0 Å². The largest absolute Gasteiger partial charge is 0.462 e. The summed E-state index contributed by atoms with van der Waals surface area (Å²) in [5, 5.41) is 9.40. The van der Waals surface area contributed by atoms with E-state index < -0.39 is 5.97 Å². The number of carbonyl (C=O) groups is 1. The second-order valence-electron chi connectivity index (χ2n) is 5.89. The van der Waals surface area contributed by atoms with Crippen LogP contribution in [0.25, 0.3) is 0 Å². The maximum absolute atomic E-state index is 12.3. The van der Waals surface area contributed by atoms with Gasteiger partial charge in [0, 0.05) is 12.2 Å². The van der Waals surface area contributed by atoms with Crippen LogP contribution in [0, 0.1) is 22.9 Å². The third kappa shape index (κ3) is 4.57. The summed E-state index contributed by atoms with van der Waals surface area (Å²) in [6, 6.07) is 13.8. The molecule has 0 N–H and O–H groups in total. The van der Waals surface area contributed by atoms with Crippen LogP contribution in [0.5, 0.6) is 0 Å². The van der Waals surface area contributed by atoms with Crippen molar-refractivity contribution in [2.45, 2.75) is 34.0 Å². The van der Waals surface area contributed by atoms with Crippen LogP contribution in [0.15, 0.2) is 36.4 Å². The fourth-order valence-electron chi connectivity index (χ4n) is 2.72. The molecule has 2 aromatic rings. The van der Waals surface area contributed by atoms with Gasteiger partial charge < -0.3 is 9.30 Å². The predicted molar refractivity (Wildman–Crippen MR) is 103 cm³/mol. The van der Waals surface area contributed by atoms with Crippen LogP contribution in [-0.4, -0.2) is 28.6 Å². The lowest BCUT2D eigenvalue weighted by molar-refractivity contribution is 0.0523. The Kier molecular flexibility index (Phi) is 7.07. The first kappa shape index (κ1) is 19.8. The fraction of sp³-hybridized carbons (Fsp3) is 0.350. The number of ether oxygens (including phenoxy) is 1. The molecule has 1 heterocycles. The summed E-state index contributed by atoms with van der Waals surface area (Å²) >= 11 is 5.48. The predicted octanol–water partition coefficient (Wildman–Crippen LogP) is 4.05. The van der Waals surface area contributed by atoms with Gasteiger partial charge in [-0.1, -0.05) is 49.5 Å². The number of rotatable bonds is 7. The van der Waals surface area contributed by atoms with Crippen LogP contribution >= 0.6 is 12.2 Å². The Morgan fingerprint density at radius 1 is 1.31 bits per heavy atom.